The van der Waals surface area contributed by atoms with Gasteiger partial charge in [0, 0.05) is 30.1 Å². The van der Waals surface area contributed by atoms with Crippen LogP contribution < -0.4 is 16.0 Å². The lowest BCUT2D eigenvalue weighted by molar-refractivity contribution is 0.0952. The van der Waals surface area contributed by atoms with Crippen molar-refractivity contribution >= 4 is 40.0 Å². The number of rotatable bonds is 3. The van der Waals surface area contributed by atoms with Crippen molar-refractivity contribution in [2.75, 3.05) is 29.5 Å². The van der Waals surface area contributed by atoms with E-state index in [-0.39, 0.29) is 5.91 Å². The van der Waals surface area contributed by atoms with Crippen LogP contribution in [0.25, 0.3) is 0 Å². The van der Waals surface area contributed by atoms with Crippen molar-refractivity contribution in [3.63, 3.8) is 0 Å². The maximum absolute atomic E-state index is 12.3. The molecule has 104 valence electrons. The summed E-state index contributed by atoms with van der Waals surface area (Å²) in [5.41, 5.74) is 6.47. The summed E-state index contributed by atoms with van der Waals surface area (Å²) in [6.07, 6.45) is 2.16. The lowest BCUT2D eigenvalue weighted by Crippen LogP contribution is -2.37. The van der Waals surface area contributed by atoms with Crippen LogP contribution in [0.1, 0.15) is 30.1 Å². The predicted molar refractivity (Wildman–Crippen MR) is 81.1 cm³/mol. The molecule has 1 amide bonds. The quantitative estimate of drug-likeness (QED) is 0.886. The molecule has 5 nitrogen and oxygen atoms in total. The molecule has 1 aromatic heterocycles. The molecule has 1 unspecified atom stereocenters. The third kappa shape index (κ3) is 2.81. The molecule has 1 atom stereocenters. The highest BCUT2D eigenvalue weighted by Crippen LogP contribution is 2.34. The summed E-state index contributed by atoms with van der Waals surface area (Å²) >= 11 is 3.31. The molecular formula is C12H18N4OS2. The molecule has 2 heterocycles. The van der Waals surface area contributed by atoms with Gasteiger partial charge in [-0.05, 0) is 24.4 Å². The molecule has 1 aromatic rings. The van der Waals surface area contributed by atoms with Gasteiger partial charge in [0.2, 0.25) is 0 Å². The van der Waals surface area contributed by atoms with Crippen LogP contribution in [0.15, 0.2) is 0 Å². The summed E-state index contributed by atoms with van der Waals surface area (Å²) in [5.74, 6) is 1.39. The SMILES string of the molecule is CC1CN(c2snc(N)c2C(=O)NC2CC2)CCS1. The Morgan fingerprint density at radius 2 is 2.32 bits per heavy atom. The highest BCUT2D eigenvalue weighted by atomic mass is 32.2. The molecule has 1 aliphatic carbocycles. The van der Waals surface area contributed by atoms with Crippen molar-refractivity contribution < 1.29 is 4.79 Å². The highest BCUT2D eigenvalue weighted by molar-refractivity contribution is 8.00. The molecule has 2 aliphatic rings. The van der Waals surface area contributed by atoms with Crippen LogP contribution in [0.3, 0.4) is 0 Å². The maximum Gasteiger partial charge on any atom is 0.258 e. The van der Waals surface area contributed by atoms with E-state index >= 15 is 0 Å². The Bertz CT molecular complexity index is 486. The van der Waals surface area contributed by atoms with Gasteiger partial charge in [0.05, 0.1) is 0 Å². The van der Waals surface area contributed by atoms with Gasteiger partial charge in [-0.2, -0.15) is 16.1 Å². The minimum absolute atomic E-state index is 0.0605. The van der Waals surface area contributed by atoms with E-state index in [9.17, 15) is 4.79 Å². The topological polar surface area (TPSA) is 71.2 Å². The molecule has 7 heteroatoms. The van der Waals surface area contributed by atoms with Crippen molar-refractivity contribution in [3.05, 3.63) is 5.56 Å². The van der Waals surface area contributed by atoms with Crippen LogP contribution in [-0.2, 0) is 0 Å². The summed E-state index contributed by atoms with van der Waals surface area (Å²) in [7, 11) is 0. The van der Waals surface area contributed by atoms with Gasteiger partial charge in [-0.1, -0.05) is 6.92 Å². The first kappa shape index (κ1) is 13.1. The van der Waals surface area contributed by atoms with E-state index in [1.165, 1.54) is 11.5 Å². The van der Waals surface area contributed by atoms with Gasteiger partial charge in [-0.3, -0.25) is 4.79 Å². The standard InChI is InChI=1S/C12H18N4OS2/c1-7-6-16(4-5-18-7)12-9(10(13)15-19-12)11(17)14-8-2-3-8/h7-8H,2-6H2,1H3,(H2,13,15)(H,14,17). The van der Waals surface area contributed by atoms with E-state index in [4.69, 9.17) is 5.73 Å². The Kier molecular flexibility index (Phi) is 3.58. The zero-order chi connectivity index (χ0) is 13.4. The number of hydrogen-bond acceptors (Lipinski definition) is 6. The van der Waals surface area contributed by atoms with Gasteiger partial charge in [-0.25, -0.2) is 0 Å². The van der Waals surface area contributed by atoms with Crippen molar-refractivity contribution in [2.24, 2.45) is 0 Å². The zero-order valence-corrected chi connectivity index (χ0v) is 12.5. The molecule has 1 saturated carbocycles. The van der Waals surface area contributed by atoms with Crippen LogP contribution in [0, 0.1) is 0 Å². The molecule has 19 heavy (non-hydrogen) atoms. The summed E-state index contributed by atoms with van der Waals surface area (Å²) in [6.45, 7) is 4.13. The summed E-state index contributed by atoms with van der Waals surface area (Å²) < 4.78 is 4.18. The second-order valence-electron chi connectivity index (χ2n) is 5.12. The first-order valence-corrected chi connectivity index (χ1v) is 8.40. The number of anilines is 2. The second kappa shape index (κ2) is 5.20. The average molecular weight is 298 g/mol. The predicted octanol–water partition coefficient (Wildman–Crippen LogP) is 1.56. The van der Waals surface area contributed by atoms with Crippen molar-refractivity contribution in [1.82, 2.24) is 9.69 Å². The van der Waals surface area contributed by atoms with Crippen molar-refractivity contribution in [3.8, 4) is 0 Å². The molecule has 0 spiro atoms. The number of thioether (sulfide) groups is 1. The number of aromatic nitrogens is 1. The molecule has 3 rings (SSSR count). The maximum atomic E-state index is 12.3. The van der Waals surface area contributed by atoms with Gasteiger partial charge in [0.1, 0.15) is 10.6 Å². The average Bonchev–Trinajstić information content (AvgIpc) is 3.09. The Labute approximate surface area is 121 Å². The lowest BCUT2D eigenvalue weighted by atomic mass is 10.2. The van der Waals surface area contributed by atoms with Crippen LogP contribution >= 0.6 is 23.3 Å². The molecule has 1 aliphatic heterocycles. The number of amides is 1. The zero-order valence-electron chi connectivity index (χ0n) is 10.9. The lowest BCUT2D eigenvalue weighted by Gasteiger charge is -2.31. The Hall–Kier alpha value is -0.950. The number of carbonyl (C=O) groups is 1. The smallest absolute Gasteiger partial charge is 0.258 e. The molecule has 3 N–H and O–H groups in total. The van der Waals surface area contributed by atoms with Gasteiger partial charge in [0.25, 0.3) is 5.91 Å². The molecule has 0 radical (unpaired) electrons. The molecule has 0 aromatic carbocycles. The fourth-order valence-electron chi connectivity index (χ4n) is 2.21. The minimum atomic E-state index is -0.0605. The number of nitrogens with zero attached hydrogens (tertiary/aromatic N) is 2. The van der Waals surface area contributed by atoms with Crippen LogP contribution in [0.2, 0.25) is 0 Å². The Morgan fingerprint density at radius 3 is 3.00 bits per heavy atom. The summed E-state index contributed by atoms with van der Waals surface area (Å²) in [5, 5.41) is 4.52. The fourth-order valence-corrected chi connectivity index (χ4v) is 4.07. The summed E-state index contributed by atoms with van der Waals surface area (Å²) in [4.78, 5) is 14.5. The van der Waals surface area contributed by atoms with Gasteiger partial charge in [-0.15, -0.1) is 0 Å². The highest BCUT2D eigenvalue weighted by Gasteiger charge is 2.30. The molecule has 2 fully saturated rings. The van der Waals surface area contributed by atoms with E-state index in [1.807, 2.05) is 11.8 Å². The van der Waals surface area contributed by atoms with E-state index in [0.717, 1.165) is 36.7 Å². The summed E-state index contributed by atoms with van der Waals surface area (Å²) in [6, 6.07) is 0.343. The van der Waals surface area contributed by atoms with Gasteiger partial charge in [0.15, 0.2) is 5.82 Å². The normalized spacial score (nSPS) is 23.4. The first-order valence-electron chi connectivity index (χ1n) is 6.57. The number of carbonyl (C=O) groups excluding carboxylic acids is 1. The van der Waals surface area contributed by atoms with E-state index in [0.29, 0.717) is 22.7 Å². The first-order chi connectivity index (χ1) is 9.15. The van der Waals surface area contributed by atoms with Crippen molar-refractivity contribution in [1.29, 1.82) is 0 Å². The number of hydrogen-bond donors (Lipinski definition) is 2. The third-order valence-electron chi connectivity index (χ3n) is 3.37. The van der Waals surface area contributed by atoms with Crippen LogP contribution in [0.5, 0.6) is 0 Å². The van der Waals surface area contributed by atoms with Gasteiger partial charge < -0.3 is 16.0 Å². The second-order valence-corrected chi connectivity index (χ2v) is 7.42. The number of nitrogen functional groups attached to an aromatic ring is 1. The molecular weight excluding hydrogens is 280 g/mol. The largest absolute Gasteiger partial charge is 0.382 e. The third-order valence-corrected chi connectivity index (χ3v) is 5.43. The molecule has 1 saturated heterocycles. The van der Waals surface area contributed by atoms with Crippen molar-refractivity contribution in [2.45, 2.75) is 31.1 Å². The van der Waals surface area contributed by atoms with E-state index in [2.05, 4.69) is 21.5 Å². The van der Waals surface area contributed by atoms with E-state index < -0.39 is 0 Å². The minimum Gasteiger partial charge on any atom is -0.382 e. The van der Waals surface area contributed by atoms with Gasteiger partial charge >= 0.3 is 0 Å². The fraction of sp³-hybridized carbons (Fsp3) is 0.667. The van der Waals surface area contributed by atoms with Crippen LogP contribution in [0.4, 0.5) is 10.8 Å². The Morgan fingerprint density at radius 1 is 1.53 bits per heavy atom. The molecule has 0 bridgehead atoms. The van der Waals surface area contributed by atoms with Crippen LogP contribution in [-0.4, -0.2) is 40.4 Å². The van der Waals surface area contributed by atoms with E-state index in [1.54, 1.807) is 0 Å². The monoisotopic (exact) mass is 298 g/mol. The number of nitrogens with two attached hydrogens (primary N) is 1. The Balaban J connectivity index is 1.82. The number of nitrogens with one attached hydrogen (secondary N) is 1.